The number of nitrogens with zero attached hydrogens (tertiary/aromatic N) is 1. The smallest absolute Gasteiger partial charge is 0.227 e. The van der Waals surface area contributed by atoms with E-state index in [-0.39, 0.29) is 30.1 Å². The zero-order valence-electron chi connectivity index (χ0n) is 11.3. The Morgan fingerprint density at radius 1 is 1.56 bits per heavy atom. The zero-order valence-corrected chi connectivity index (χ0v) is 11.3. The van der Waals surface area contributed by atoms with Gasteiger partial charge in [0.25, 0.3) is 0 Å². The molecule has 2 aliphatic rings. The highest BCUT2D eigenvalue weighted by molar-refractivity contribution is 5.79. The fraction of sp³-hybridized carbons (Fsp3) is 0.923. The number of aliphatic hydroxyl groups excluding tert-OH is 1. The third kappa shape index (κ3) is 3.22. The Bertz CT molecular complexity index is 301. The molecule has 0 spiro atoms. The summed E-state index contributed by atoms with van der Waals surface area (Å²) in [6, 6.07) is 0. The Kier molecular flexibility index (Phi) is 4.25. The molecule has 1 amide bonds. The Labute approximate surface area is 108 Å². The lowest BCUT2D eigenvalue weighted by molar-refractivity contribution is -0.170. The monoisotopic (exact) mass is 256 g/mol. The van der Waals surface area contributed by atoms with Crippen LogP contribution < -0.4 is 5.32 Å². The van der Waals surface area contributed by atoms with E-state index in [2.05, 4.69) is 5.32 Å². The minimum atomic E-state index is -0.372. The summed E-state index contributed by atoms with van der Waals surface area (Å²) >= 11 is 0. The van der Waals surface area contributed by atoms with Crippen molar-refractivity contribution in [3.63, 3.8) is 0 Å². The summed E-state index contributed by atoms with van der Waals surface area (Å²) in [4.78, 5) is 14.3. The molecule has 104 valence electrons. The molecule has 0 aromatic heterocycles. The number of ether oxygens (including phenoxy) is 1. The van der Waals surface area contributed by atoms with Gasteiger partial charge in [-0.2, -0.15) is 0 Å². The van der Waals surface area contributed by atoms with Crippen molar-refractivity contribution in [1.82, 2.24) is 10.2 Å². The Hall–Kier alpha value is -0.650. The third-order valence-electron chi connectivity index (χ3n) is 3.64. The van der Waals surface area contributed by atoms with Crippen LogP contribution in [0.5, 0.6) is 0 Å². The maximum atomic E-state index is 12.5. The second kappa shape index (κ2) is 5.55. The predicted molar refractivity (Wildman–Crippen MR) is 68.2 cm³/mol. The van der Waals surface area contributed by atoms with Gasteiger partial charge in [-0.25, -0.2) is 0 Å². The summed E-state index contributed by atoms with van der Waals surface area (Å²) in [6.45, 7) is 6.81. The van der Waals surface area contributed by atoms with E-state index in [1.54, 1.807) is 0 Å². The van der Waals surface area contributed by atoms with Crippen LogP contribution in [0.1, 0.15) is 26.7 Å². The summed E-state index contributed by atoms with van der Waals surface area (Å²) in [6.07, 6.45) is 1.77. The zero-order chi connectivity index (χ0) is 13.2. The van der Waals surface area contributed by atoms with Crippen LogP contribution in [0.2, 0.25) is 0 Å². The lowest BCUT2D eigenvalue weighted by Gasteiger charge is -2.43. The standard InChI is InChI=1S/C13H24N2O3/c1-13(2)9-15(7-11(8-16)18-13)12(17)10-4-3-5-14-6-10/h10-11,14,16H,3-9H2,1-2H3/t10-,11?/m1/s1. The first-order chi connectivity index (χ1) is 8.52. The van der Waals surface area contributed by atoms with Crippen molar-refractivity contribution < 1.29 is 14.6 Å². The molecular weight excluding hydrogens is 232 g/mol. The lowest BCUT2D eigenvalue weighted by Crippen LogP contribution is -2.57. The minimum Gasteiger partial charge on any atom is -0.394 e. The van der Waals surface area contributed by atoms with Crippen molar-refractivity contribution in [3.8, 4) is 0 Å². The number of rotatable bonds is 2. The average Bonchev–Trinajstić information content (AvgIpc) is 2.37. The maximum Gasteiger partial charge on any atom is 0.227 e. The molecule has 2 aliphatic heterocycles. The molecule has 5 heteroatoms. The largest absolute Gasteiger partial charge is 0.394 e. The highest BCUT2D eigenvalue weighted by Crippen LogP contribution is 2.23. The first-order valence-electron chi connectivity index (χ1n) is 6.80. The number of hydrogen-bond donors (Lipinski definition) is 2. The van der Waals surface area contributed by atoms with E-state index >= 15 is 0 Å². The Morgan fingerprint density at radius 2 is 2.33 bits per heavy atom. The normalized spacial score (nSPS) is 32.3. The summed E-state index contributed by atoms with van der Waals surface area (Å²) in [5.74, 6) is 0.295. The molecule has 0 aromatic rings. The van der Waals surface area contributed by atoms with Crippen LogP contribution in [-0.4, -0.2) is 60.4 Å². The molecule has 2 rings (SSSR count). The predicted octanol–water partition coefficient (Wildman–Crippen LogP) is -0.0157. The van der Waals surface area contributed by atoms with Crippen LogP contribution in [0, 0.1) is 5.92 Å². The number of morpholine rings is 1. The van der Waals surface area contributed by atoms with Gasteiger partial charge in [-0.1, -0.05) is 0 Å². The molecular formula is C13H24N2O3. The molecule has 0 radical (unpaired) electrons. The molecule has 2 N–H and O–H groups in total. The van der Waals surface area contributed by atoms with Crippen LogP contribution in [0.3, 0.4) is 0 Å². The van der Waals surface area contributed by atoms with E-state index in [0.717, 1.165) is 25.9 Å². The highest BCUT2D eigenvalue weighted by Gasteiger charge is 2.37. The maximum absolute atomic E-state index is 12.5. The van der Waals surface area contributed by atoms with Crippen molar-refractivity contribution in [2.75, 3.05) is 32.8 Å². The van der Waals surface area contributed by atoms with Gasteiger partial charge in [0.1, 0.15) is 0 Å². The van der Waals surface area contributed by atoms with E-state index in [9.17, 15) is 9.90 Å². The van der Waals surface area contributed by atoms with E-state index < -0.39 is 0 Å². The van der Waals surface area contributed by atoms with Gasteiger partial charge in [0.2, 0.25) is 5.91 Å². The molecule has 0 aliphatic carbocycles. The number of hydrogen-bond acceptors (Lipinski definition) is 4. The van der Waals surface area contributed by atoms with Crippen LogP contribution in [0.25, 0.3) is 0 Å². The number of aliphatic hydroxyl groups is 1. The van der Waals surface area contributed by atoms with Gasteiger partial charge in [0.15, 0.2) is 0 Å². The number of piperidine rings is 1. The van der Waals surface area contributed by atoms with Gasteiger partial charge in [0.05, 0.1) is 24.2 Å². The molecule has 5 nitrogen and oxygen atoms in total. The molecule has 2 atom stereocenters. The van der Waals surface area contributed by atoms with Gasteiger partial charge in [0, 0.05) is 19.6 Å². The molecule has 0 saturated carbocycles. The summed E-state index contributed by atoms with van der Waals surface area (Å²) in [5, 5.41) is 12.5. The number of nitrogens with one attached hydrogen (secondary N) is 1. The molecule has 0 aromatic carbocycles. The van der Waals surface area contributed by atoms with Crippen LogP contribution in [-0.2, 0) is 9.53 Å². The minimum absolute atomic E-state index is 0.0316. The first-order valence-corrected chi connectivity index (χ1v) is 6.80. The van der Waals surface area contributed by atoms with Crippen LogP contribution in [0.4, 0.5) is 0 Å². The van der Waals surface area contributed by atoms with Gasteiger partial charge < -0.3 is 20.1 Å². The third-order valence-corrected chi connectivity index (χ3v) is 3.64. The number of carbonyl (C=O) groups excluding carboxylic acids is 1. The van der Waals surface area contributed by atoms with Crippen molar-refractivity contribution in [1.29, 1.82) is 0 Å². The van der Waals surface area contributed by atoms with E-state index in [0.29, 0.717) is 13.1 Å². The molecule has 0 bridgehead atoms. The first kappa shape index (κ1) is 13.8. The fourth-order valence-corrected chi connectivity index (χ4v) is 2.88. The summed E-state index contributed by atoms with van der Waals surface area (Å²) in [5.41, 5.74) is -0.372. The van der Waals surface area contributed by atoms with Gasteiger partial charge in [-0.15, -0.1) is 0 Å². The molecule has 2 saturated heterocycles. The second-order valence-corrected chi connectivity index (χ2v) is 5.94. The number of carbonyl (C=O) groups is 1. The van der Waals surface area contributed by atoms with E-state index in [4.69, 9.17) is 4.74 Å². The van der Waals surface area contributed by atoms with Crippen LogP contribution >= 0.6 is 0 Å². The van der Waals surface area contributed by atoms with Crippen LogP contribution in [0.15, 0.2) is 0 Å². The Morgan fingerprint density at radius 3 is 2.94 bits per heavy atom. The summed E-state index contributed by atoms with van der Waals surface area (Å²) < 4.78 is 5.73. The topological polar surface area (TPSA) is 61.8 Å². The van der Waals surface area contributed by atoms with Crippen molar-refractivity contribution in [2.24, 2.45) is 5.92 Å². The molecule has 18 heavy (non-hydrogen) atoms. The molecule has 2 fully saturated rings. The SMILES string of the molecule is CC1(C)CN(C(=O)[C@@H]2CCCNC2)CC(CO)O1. The van der Waals surface area contributed by atoms with Gasteiger partial charge >= 0.3 is 0 Å². The summed E-state index contributed by atoms with van der Waals surface area (Å²) in [7, 11) is 0. The van der Waals surface area contributed by atoms with Crippen molar-refractivity contribution in [2.45, 2.75) is 38.4 Å². The quantitative estimate of drug-likeness (QED) is 0.729. The second-order valence-electron chi connectivity index (χ2n) is 5.94. The van der Waals surface area contributed by atoms with Gasteiger partial charge in [-0.05, 0) is 33.2 Å². The number of amides is 1. The molecule has 2 heterocycles. The molecule has 1 unspecified atom stereocenters. The lowest BCUT2D eigenvalue weighted by atomic mass is 9.96. The van der Waals surface area contributed by atoms with Crippen molar-refractivity contribution in [3.05, 3.63) is 0 Å². The van der Waals surface area contributed by atoms with Crippen molar-refractivity contribution >= 4 is 5.91 Å². The highest BCUT2D eigenvalue weighted by atomic mass is 16.5. The fourth-order valence-electron chi connectivity index (χ4n) is 2.88. The average molecular weight is 256 g/mol. The van der Waals surface area contributed by atoms with Gasteiger partial charge in [-0.3, -0.25) is 4.79 Å². The van der Waals surface area contributed by atoms with E-state index in [1.165, 1.54) is 0 Å². The van der Waals surface area contributed by atoms with E-state index in [1.807, 2.05) is 18.7 Å². The Balaban J connectivity index is 1.99.